The molecule has 0 bridgehead atoms. The summed E-state index contributed by atoms with van der Waals surface area (Å²) in [5, 5.41) is 6.23. The SMILES string of the molecule is O=C1CC(CCN2CCNCC2)CN1. The number of hydrogen-bond donors (Lipinski definition) is 2. The summed E-state index contributed by atoms with van der Waals surface area (Å²) in [4.78, 5) is 13.5. The summed E-state index contributed by atoms with van der Waals surface area (Å²) in [7, 11) is 0. The first-order valence-electron chi connectivity index (χ1n) is 5.54. The zero-order valence-corrected chi connectivity index (χ0v) is 8.59. The summed E-state index contributed by atoms with van der Waals surface area (Å²) in [6, 6.07) is 0. The van der Waals surface area contributed by atoms with Gasteiger partial charge < -0.3 is 15.5 Å². The fourth-order valence-electron chi connectivity index (χ4n) is 2.17. The van der Waals surface area contributed by atoms with Crippen LogP contribution in [0.3, 0.4) is 0 Å². The number of rotatable bonds is 3. The number of carbonyl (C=O) groups is 1. The molecule has 2 saturated heterocycles. The number of carbonyl (C=O) groups excluding carboxylic acids is 1. The number of nitrogens with zero attached hydrogens (tertiary/aromatic N) is 1. The van der Waals surface area contributed by atoms with Crippen molar-refractivity contribution in [3.8, 4) is 0 Å². The molecule has 0 saturated carbocycles. The van der Waals surface area contributed by atoms with Crippen LogP contribution in [-0.2, 0) is 4.79 Å². The van der Waals surface area contributed by atoms with Crippen molar-refractivity contribution in [3.05, 3.63) is 0 Å². The lowest BCUT2D eigenvalue weighted by Crippen LogP contribution is -2.44. The predicted octanol–water partition coefficient (Wildman–Crippen LogP) is -0.582. The number of hydrogen-bond acceptors (Lipinski definition) is 3. The summed E-state index contributed by atoms with van der Waals surface area (Å²) >= 11 is 0. The average Bonchev–Trinajstić information content (AvgIpc) is 2.63. The maximum Gasteiger partial charge on any atom is 0.220 e. The Morgan fingerprint density at radius 1 is 1.36 bits per heavy atom. The number of piperazine rings is 1. The van der Waals surface area contributed by atoms with Crippen molar-refractivity contribution in [2.75, 3.05) is 39.3 Å². The minimum atomic E-state index is 0.232. The molecule has 80 valence electrons. The van der Waals surface area contributed by atoms with Gasteiger partial charge in [0.05, 0.1) is 0 Å². The first kappa shape index (κ1) is 9.93. The number of nitrogens with one attached hydrogen (secondary N) is 2. The molecule has 2 heterocycles. The van der Waals surface area contributed by atoms with Crippen molar-refractivity contribution in [2.24, 2.45) is 5.92 Å². The van der Waals surface area contributed by atoms with Gasteiger partial charge in [-0.15, -0.1) is 0 Å². The lowest BCUT2D eigenvalue weighted by Gasteiger charge is -2.27. The molecule has 2 N–H and O–H groups in total. The van der Waals surface area contributed by atoms with Gasteiger partial charge >= 0.3 is 0 Å². The highest BCUT2D eigenvalue weighted by molar-refractivity contribution is 5.78. The molecule has 0 aliphatic carbocycles. The van der Waals surface area contributed by atoms with E-state index in [-0.39, 0.29) is 5.91 Å². The molecule has 1 unspecified atom stereocenters. The minimum Gasteiger partial charge on any atom is -0.356 e. The topological polar surface area (TPSA) is 44.4 Å². The van der Waals surface area contributed by atoms with Crippen molar-refractivity contribution in [1.29, 1.82) is 0 Å². The van der Waals surface area contributed by atoms with Crippen LogP contribution in [0.5, 0.6) is 0 Å². The lowest BCUT2D eigenvalue weighted by molar-refractivity contribution is -0.119. The Labute approximate surface area is 85.0 Å². The normalized spacial score (nSPS) is 29.1. The van der Waals surface area contributed by atoms with Crippen LogP contribution in [-0.4, -0.2) is 50.1 Å². The maximum atomic E-state index is 11.0. The van der Waals surface area contributed by atoms with Gasteiger partial charge in [0.2, 0.25) is 5.91 Å². The summed E-state index contributed by atoms with van der Waals surface area (Å²) in [6.45, 7) is 6.60. The van der Waals surface area contributed by atoms with Gasteiger partial charge in [0.15, 0.2) is 0 Å². The van der Waals surface area contributed by atoms with Crippen LogP contribution in [0, 0.1) is 5.92 Å². The molecule has 1 atom stereocenters. The van der Waals surface area contributed by atoms with E-state index in [1.807, 2.05) is 0 Å². The molecule has 0 aromatic carbocycles. The van der Waals surface area contributed by atoms with Crippen LogP contribution in [0.15, 0.2) is 0 Å². The van der Waals surface area contributed by atoms with Crippen LogP contribution in [0.25, 0.3) is 0 Å². The molecule has 2 fully saturated rings. The third kappa shape index (κ3) is 2.69. The lowest BCUT2D eigenvalue weighted by atomic mass is 10.0. The second-order valence-electron chi connectivity index (χ2n) is 4.25. The first-order valence-corrected chi connectivity index (χ1v) is 5.54. The zero-order valence-electron chi connectivity index (χ0n) is 8.59. The second-order valence-corrected chi connectivity index (χ2v) is 4.25. The van der Waals surface area contributed by atoms with E-state index in [2.05, 4.69) is 15.5 Å². The predicted molar refractivity (Wildman–Crippen MR) is 55.0 cm³/mol. The average molecular weight is 197 g/mol. The molecule has 0 aromatic rings. The van der Waals surface area contributed by atoms with Crippen molar-refractivity contribution in [1.82, 2.24) is 15.5 Å². The minimum absolute atomic E-state index is 0.232. The van der Waals surface area contributed by atoms with E-state index in [9.17, 15) is 4.79 Å². The van der Waals surface area contributed by atoms with E-state index in [1.54, 1.807) is 0 Å². The molecule has 2 aliphatic rings. The second kappa shape index (κ2) is 4.75. The van der Waals surface area contributed by atoms with Gasteiger partial charge in [0.25, 0.3) is 0 Å². The zero-order chi connectivity index (χ0) is 9.80. The van der Waals surface area contributed by atoms with Crippen LogP contribution in [0.4, 0.5) is 0 Å². The van der Waals surface area contributed by atoms with E-state index in [1.165, 1.54) is 6.42 Å². The van der Waals surface area contributed by atoms with Gasteiger partial charge in [-0.2, -0.15) is 0 Å². The van der Waals surface area contributed by atoms with Crippen LogP contribution in [0.1, 0.15) is 12.8 Å². The Balaban J connectivity index is 1.63. The summed E-state index contributed by atoms with van der Waals surface area (Å²) in [5.74, 6) is 0.813. The van der Waals surface area contributed by atoms with E-state index < -0.39 is 0 Å². The Morgan fingerprint density at radius 2 is 2.14 bits per heavy atom. The molecule has 0 spiro atoms. The molecule has 4 nitrogen and oxygen atoms in total. The van der Waals surface area contributed by atoms with Crippen LogP contribution >= 0.6 is 0 Å². The standard InChI is InChI=1S/C10H19N3O/c14-10-7-9(8-12-10)1-4-13-5-2-11-3-6-13/h9,11H,1-8H2,(H,12,14). The Hall–Kier alpha value is -0.610. The molecule has 4 heteroatoms. The van der Waals surface area contributed by atoms with Crippen molar-refractivity contribution < 1.29 is 4.79 Å². The number of amides is 1. The Kier molecular flexibility index (Phi) is 3.37. The van der Waals surface area contributed by atoms with Crippen LogP contribution < -0.4 is 10.6 Å². The van der Waals surface area contributed by atoms with E-state index >= 15 is 0 Å². The van der Waals surface area contributed by atoms with E-state index in [0.717, 1.165) is 45.7 Å². The van der Waals surface area contributed by atoms with Crippen molar-refractivity contribution >= 4 is 5.91 Å². The molecule has 0 aromatic heterocycles. The maximum absolute atomic E-state index is 11.0. The third-order valence-electron chi connectivity index (χ3n) is 3.13. The molecule has 14 heavy (non-hydrogen) atoms. The summed E-state index contributed by atoms with van der Waals surface area (Å²) < 4.78 is 0. The van der Waals surface area contributed by atoms with E-state index in [0.29, 0.717) is 5.92 Å². The summed E-state index contributed by atoms with van der Waals surface area (Å²) in [5.41, 5.74) is 0. The van der Waals surface area contributed by atoms with Crippen molar-refractivity contribution in [2.45, 2.75) is 12.8 Å². The molecule has 2 rings (SSSR count). The Bertz CT molecular complexity index is 202. The van der Waals surface area contributed by atoms with Gasteiger partial charge in [-0.25, -0.2) is 0 Å². The highest BCUT2D eigenvalue weighted by atomic mass is 16.1. The smallest absolute Gasteiger partial charge is 0.220 e. The monoisotopic (exact) mass is 197 g/mol. The molecular formula is C10H19N3O. The Morgan fingerprint density at radius 3 is 2.79 bits per heavy atom. The van der Waals surface area contributed by atoms with Gasteiger partial charge in [0.1, 0.15) is 0 Å². The quantitative estimate of drug-likeness (QED) is 0.636. The highest BCUT2D eigenvalue weighted by Gasteiger charge is 2.21. The van der Waals surface area contributed by atoms with Gasteiger partial charge in [-0.3, -0.25) is 4.79 Å². The fraction of sp³-hybridized carbons (Fsp3) is 0.900. The van der Waals surface area contributed by atoms with Crippen LogP contribution in [0.2, 0.25) is 0 Å². The fourth-order valence-corrected chi connectivity index (χ4v) is 2.17. The third-order valence-corrected chi connectivity index (χ3v) is 3.13. The summed E-state index contributed by atoms with van der Waals surface area (Å²) in [6.07, 6.45) is 1.91. The molecule has 1 amide bonds. The van der Waals surface area contributed by atoms with Crippen molar-refractivity contribution in [3.63, 3.8) is 0 Å². The highest BCUT2D eigenvalue weighted by Crippen LogP contribution is 2.13. The first-order chi connectivity index (χ1) is 6.84. The van der Waals surface area contributed by atoms with E-state index in [4.69, 9.17) is 0 Å². The van der Waals surface area contributed by atoms with Gasteiger partial charge in [-0.05, 0) is 18.9 Å². The molecule has 2 aliphatic heterocycles. The van der Waals surface area contributed by atoms with Gasteiger partial charge in [-0.1, -0.05) is 0 Å². The van der Waals surface area contributed by atoms with Gasteiger partial charge in [0, 0.05) is 39.1 Å². The largest absolute Gasteiger partial charge is 0.356 e. The molecule has 0 radical (unpaired) electrons. The molecular weight excluding hydrogens is 178 g/mol.